The Hall–Kier alpha value is -5.71. The van der Waals surface area contributed by atoms with Gasteiger partial charge in [-0.1, -0.05) is 110 Å². The molecule has 436 valence electrons. The van der Waals surface area contributed by atoms with Gasteiger partial charge in [0.25, 0.3) is 5.91 Å². The van der Waals surface area contributed by atoms with Crippen LogP contribution in [0, 0.1) is 16.7 Å². The zero-order chi connectivity index (χ0) is 58.8. The number of rotatable bonds is 22. The van der Waals surface area contributed by atoms with Crippen LogP contribution in [0.25, 0.3) is 0 Å². The number of nitrogens with one attached hydrogen (secondary N) is 1. The number of carbonyl (C=O) groups excluding carboxylic acids is 6. The highest BCUT2D eigenvalue weighted by molar-refractivity contribution is 6.74. The SMILES string of the molecule is CC[Si](CC)(CC)O[C@H]1C[C@H]2OC[C@@]2(OC(C)=O)[C@H]2[C@H](OC(=O)c3cccc(OC)c3OC)[C@]3(O)C[C@H](OC(=O)[C@H](O[Si](CC)(CC)CC)[C@@H](NC(=O)c4ccccc4)c4ccccc4)C(C)=C([C@@H](OC(C)=O)C(=O)[C@]12C)C3(C)C. The smallest absolute Gasteiger partial charge is 0.342 e. The van der Waals surface area contributed by atoms with Crippen LogP contribution in [0.1, 0.15) is 128 Å². The van der Waals surface area contributed by atoms with Gasteiger partial charge in [0.1, 0.15) is 29.5 Å². The van der Waals surface area contributed by atoms with Crippen LogP contribution in [0.2, 0.25) is 36.3 Å². The van der Waals surface area contributed by atoms with E-state index < -0.39 is 129 Å². The summed E-state index contributed by atoms with van der Waals surface area (Å²) in [6.07, 6.45) is -8.88. The Kier molecular flexibility index (Phi) is 18.9. The second-order valence-corrected chi connectivity index (χ2v) is 32.1. The molecule has 2 bridgehead atoms. The third-order valence-electron chi connectivity index (χ3n) is 18.7. The fourth-order valence-corrected chi connectivity index (χ4v) is 19.2. The number of Topliss-reactive ketones (excluding diaryl/α,β-unsaturated/α-hetero) is 1. The molecule has 3 fully saturated rings. The second-order valence-electron chi connectivity index (χ2n) is 22.7. The molecule has 4 aliphatic rings. The minimum Gasteiger partial charge on any atom is -0.493 e. The highest BCUT2D eigenvalue weighted by atomic mass is 28.4. The number of ketones is 1. The highest BCUT2D eigenvalue weighted by Gasteiger charge is 2.79. The van der Waals surface area contributed by atoms with Gasteiger partial charge in [0.2, 0.25) is 0 Å². The molecule has 7 rings (SSSR count). The zero-order valence-electron chi connectivity index (χ0n) is 49.1. The lowest BCUT2D eigenvalue weighted by Crippen LogP contribution is -2.82. The predicted octanol–water partition coefficient (Wildman–Crippen LogP) is 9.81. The van der Waals surface area contributed by atoms with Crippen molar-refractivity contribution in [2.24, 2.45) is 16.7 Å². The van der Waals surface area contributed by atoms with E-state index in [1.165, 1.54) is 34.1 Å². The largest absolute Gasteiger partial charge is 0.493 e. The average molecular weight is 1140 g/mol. The number of para-hydroxylation sites is 1. The standard InChI is InChI=1S/C61H83NO16Si2/c1-15-79(16-2,17-3)77-45-34-46-60(36-72-46,76-39(9)64)52-54(75-56(67)42-32-27-33-43(70-13)49(42)71-14)61(69)35-44(37(7)47(58(61,10)11)50(73-38(8)63)53(65)59(45,52)12)74-57(68)51(78-80(18-4,19-5)20-6)48(40-28-23-21-24-29-40)62-55(66)41-30-25-22-26-31-41/h21-33,44-46,48,50-52,54,69H,15-20,34-36H2,1-14H3,(H,62,66)/t44-,45-,46+,48-,50+,51+,52-,54-,59+,60-,61+/m0/s1. The summed E-state index contributed by atoms with van der Waals surface area (Å²) in [5.41, 5.74) is -6.54. The molecule has 1 heterocycles. The molecule has 0 unspecified atom stereocenters. The summed E-state index contributed by atoms with van der Waals surface area (Å²) >= 11 is 0. The van der Waals surface area contributed by atoms with Gasteiger partial charge >= 0.3 is 23.9 Å². The summed E-state index contributed by atoms with van der Waals surface area (Å²) in [7, 11) is -2.70. The number of methoxy groups -OCH3 is 2. The topological polar surface area (TPSA) is 218 Å². The van der Waals surface area contributed by atoms with Crippen molar-refractivity contribution in [3.05, 3.63) is 107 Å². The van der Waals surface area contributed by atoms with Crippen molar-refractivity contribution in [3.8, 4) is 11.5 Å². The van der Waals surface area contributed by atoms with E-state index in [1.54, 1.807) is 94.4 Å². The van der Waals surface area contributed by atoms with Gasteiger partial charge in [0.05, 0.1) is 44.3 Å². The fraction of sp³-hybridized carbons (Fsp3) is 0.574. The predicted molar refractivity (Wildman–Crippen MR) is 303 cm³/mol. The van der Waals surface area contributed by atoms with Gasteiger partial charge in [-0.2, -0.15) is 0 Å². The molecular formula is C61H83NO16Si2. The van der Waals surface area contributed by atoms with Crippen molar-refractivity contribution in [1.82, 2.24) is 5.32 Å². The molecular weight excluding hydrogens is 1060 g/mol. The fourth-order valence-electron chi connectivity index (χ4n) is 13.5. The van der Waals surface area contributed by atoms with E-state index >= 15 is 14.4 Å². The zero-order valence-corrected chi connectivity index (χ0v) is 51.1. The lowest BCUT2D eigenvalue weighted by atomic mass is 9.44. The normalized spacial score (nSPS) is 27.8. The van der Waals surface area contributed by atoms with E-state index in [0.29, 0.717) is 47.4 Å². The van der Waals surface area contributed by atoms with Crippen LogP contribution in [0.15, 0.2) is 90.0 Å². The summed E-state index contributed by atoms with van der Waals surface area (Å²) in [5, 5.41) is 17.7. The van der Waals surface area contributed by atoms with E-state index in [-0.39, 0.29) is 41.2 Å². The van der Waals surface area contributed by atoms with Crippen molar-refractivity contribution in [2.45, 2.75) is 186 Å². The number of ether oxygens (including phenoxy) is 7. The number of aliphatic hydroxyl groups is 1. The minimum atomic E-state index is -2.79. The summed E-state index contributed by atoms with van der Waals surface area (Å²) in [4.78, 5) is 89.7. The van der Waals surface area contributed by atoms with Gasteiger partial charge in [0, 0.05) is 37.7 Å². The van der Waals surface area contributed by atoms with Crippen LogP contribution in [-0.4, -0.2) is 126 Å². The maximum Gasteiger partial charge on any atom is 0.342 e. The Balaban J connectivity index is 1.52. The highest BCUT2D eigenvalue weighted by Crippen LogP contribution is 2.65. The van der Waals surface area contributed by atoms with Crippen LogP contribution in [-0.2, 0) is 51.7 Å². The Labute approximate surface area is 473 Å². The lowest BCUT2D eigenvalue weighted by Gasteiger charge is -2.68. The molecule has 3 aromatic rings. The molecule has 1 aliphatic heterocycles. The summed E-state index contributed by atoms with van der Waals surface area (Å²) in [6, 6.07) is 25.0. The van der Waals surface area contributed by atoms with Crippen molar-refractivity contribution in [2.75, 3.05) is 20.8 Å². The van der Waals surface area contributed by atoms with E-state index in [1.807, 2.05) is 47.6 Å². The van der Waals surface area contributed by atoms with E-state index in [0.717, 1.165) is 0 Å². The van der Waals surface area contributed by atoms with Crippen LogP contribution in [0.3, 0.4) is 0 Å². The number of benzene rings is 3. The molecule has 11 atom stereocenters. The first kappa shape index (κ1) is 61.9. The minimum absolute atomic E-state index is 0.0241. The summed E-state index contributed by atoms with van der Waals surface area (Å²) in [6.45, 7) is 21.0. The van der Waals surface area contributed by atoms with Crippen LogP contribution in [0.4, 0.5) is 0 Å². The average Bonchev–Trinajstić information content (AvgIpc) is 3.56. The molecule has 19 heteroatoms. The molecule has 0 aromatic heterocycles. The number of hydrogen-bond acceptors (Lipinski definition) is 16. The van der Waals surface area contributed by atoms with Gasteiger partial charge in [-0.3, -0.25) is 19.2 Å². The quantitative estimate of drug-likeness (QED) is 0.0414. The first-order chi connectivity index (χ1) is 37.9. The molecule has 0 spiro atoms. The van der Waals surface area contributed by atoms with Crippen molar-refractivity contribution >= 4 is 52.2 Å². The Morgan fingerprint density at radius 3 is 1.89 bits per heavy atom. The van der Waals surface area contributed by atoms with Crippen molar-refractivity contribution in [3.63, 3.8) is 0 Å². The van der Waals surface area contributed by atoms with Crippen molar-refractivity contribution < 1.29 is 75.9 Å². The molecule has 3 aliphatic carbocycles. The number of amides is 1. The third kappa shape index (κ3) is 10.9. The van der Waals surface area contributed by atoms with Crippen LogP contribution in [0.5, 0.6) is 11.5 Å². The Morgan fingerprint density at radius 2 is 1.36 bits per heavy atom. The molecule has 2 N–H and O–H groups in total. The van der Waals surface area contributed by atoms with E-state index in [2.05, 4.69) is 5.32 Å². The first-order valence-electron chi connectivity index (χ1n) is 28.3. The van der Waals surface area contributed by atoms with E-state index in [9.17, 15) is 19.5 Å². The van der Waals surface area contributed by atoms with Crippen molar-refractivity contribution in [1.29, 1.82) is 0 Å². The van der Waals surface area contributed by atoms with E-state index in [4.69, 9.17) is 42.0 Å². The molecule has 80 heavy (non-hydrogen) atoms. The monoisotopic (exact) mass is 1140 g/mol. The second kappa shape index (κ2) is 24.4. The van der Waals surface area contributed by atoms with Gasteiger partial charge in [-0.25, -0.2) is 9.59 Å². The Bertz CT molecular complexity index is 2780. The van der Waals surface area contributed by atoms with Gasteiger partial charge in [0.15, 0.2) is 51.7 Å². The maximum absolute atomic E-state index is 16.8. The summed E-state index contributed by atoms with van der Waals surface area (Å²) < 4.78 is 58.8. The molecule has 1 saturated heterocycles. The molecule has 0 radical (unpaired) electrons. The number of carbonyl (C=O) groups is 6. The third-order valence-corrected chi connectivity index (χ3v) is 27.9. The first-order valence-corrected chi connectivity index (χ1v) is 33.3. The maximum atomic E-state index is 16.8. The van der Waals surface area contributed by atoms with Gasteiger partial charge < -0.3 is 52.4 Å². The molecule has 3 aromatic carbocycles. The van der Waals surface area contributed by atoms with Gasteiger partial charge in [-0.15, -0.1) is 0 Å². The summed E-state index contributed by atoms with van der Waals surface area (Å²) in [5.74, 6) is -5.84. The number of hydrogen-bond donors (Lipinski definition) is 2. The number of esters is 4. The van der Waals surface area contributed by atoms with Crippen LogP contribution >= 0.6 is 0 Å². The van der Waals surface area contributed by atoms with Crippen LogP contribution < -0.4 is 14.8 Å². The van der Waals surface area contributed by atoms with Gasteiger partial charge in [-0.05, 0) is 91.1 Å². The lowest BCUT2D eigenvalue weighted by molar-refractivity contribution is -0.344. The molecule has 2 saturated carbocycles. The molecule has 1 amide bonds. The Morgan fingerprint density at radius 1 is 0.762 bits per heavy atom. The number of fused-ring (bicyclic) bond motifs is 5. The molecule has 17 nitrogen and oxygen atoms in total.